The van der Waals surface area contributed by atoms with E-state index >= 15 is 0 Å². The Morgan fingerprint density at radius 2 is 1.92 bits per heavy atom. The molecule has 3 rings (SSSR count). The molecule has 0 aromatic rings. The van der Waals surface area contributed by atoms with Crippen LogP contribution in [-0.4, -0.2) is 66.9 Å². The molecule has 4 amide bonds. The molecule has 3 fully saturated rings. The highest BCUT2D eigenvalue weighted by Crippen LogP contribution is 2.27. The molecule has 2 N–H and O–H groups in total. The summed E-state index contributed by atoms with van der Waals surface area (Å²) in [7, 11) is 0. The summed E-state index contributed by atoms with van der Waals surface area (Å²) in [5, 5.41) is 5.69. The Morgan fingerprint density at radius 1 is 1.12 bits per heavy atom. The second-order valence-electron chi connectivity index (χ2n) is 7.55. The van der Waals surface area contributed by atoms with Gasteiger partial charge < -0.3 is 20.4 Å². The zero-order valence-electron chi connectivity index (χ0n) is 15.0. The molecule has 0 unspecified atom stereocenters. The van der Waals surface area contributed by atoms with Crippen molar-refractivity contribution in [3.8, 4) is 0 Å². The number of amides is 4. The van der Waals surface area contributed by atoms with Gasteiger partial charge in [0.15, 0.2) is 0 Å². The van der Waals surface area contributed by atoms with Crippen molar-refractivity contribution in [3.05, 3.63) is 0 Å². The lowest BCUT2D eigenvalue weighted by atomic mass is 9.87. The first-order chi connectivity index (χ1) is 12.1. The molecular formula is C18H30N4O3. The highest BCUT2D eigenvalue weighted by atomic mass is 16.2. The number of nitrogens with zero attached hydrogens (tertiary/aromatic N) is 2. The predicted molar refractivity (Wildman–Crippen MR) is 93.9 cm³/mol. The first-order valence-corrected chi connectivity index (χ1v) is 9.72. The van der Waals surface area contributed by atoms with Crippen LogP contribution in [0.4, 0.5) is 4.79 Å². The zero-order chi connectivity index (χ0) is 17.6. The molecular weight excluding hydrogens is 320 g/mol. The van der Waals surface area contributed by atoms with Crippen molar-refractivity contribution in [1.29, 1.82) is 0 Å². The van der Waals surface area contributed by atoms with Crippen molar-refractivity contribution in [2.45, 2.75) is 44.9 Å². The molecule has 0 bridgehead atoms. The Bertz CT molecular complexity index is 505. The molecule has 2 saturated heterocycles. The summed E-state index contributed by atoms with van der Waals surface area (Å²) < 4.78 is 0. The molecule has 1 atom stereocenters. The fourth-order valence-electron chi connectivity index (χ4n) is 4.17. The molecule has 25 heavy (non-hydrogen) atoms. The van der Waals surface area contributed by atoms with Gasteiger partial charge in [0.05, 0.1) is 5.92 Å². The van der Waals surface area contributed by atoms with Gasteiger partial charge in [0, 0.05) is 45.7 Å². The SMILES string of the molecule is O=C(NCCN1CCNC1=O)[C@H]1CCC(=O)N(CC2CCCCC2)C1. The van der Waals surface area contributed by atoms with Gasteiger partial charge in [-0.25, -0.2) is 4.79 Å². The van der Waals surface area contributed by atoms with Crippen molar-refractivity contribution in [2.24, 2.45) is 11.8 Å². The largest absolute Gasteiger partial charge is 0.354 e. The number of urea groups is 1. The van der Waals surface area contributed by atoms with E-state index in [9.17, 15) is 14.4 Å². The quantitative estimate of drug-likeness (QED) is 0.748. The van der Waals surface area contributed by atoms with Gasteiger partial charge in [-0.3, -0.25) is 9.59 Å². The van der Waals surface area contributed by atoms with Crippen LogP contribution in [0.3, 0.4) is 0 Å². The molecule has 1 aliphatic carbocycles. The van der Waals surface area contributed by atoms with E-state index in [1.165, 1.54) is 32.1 Å². The smallest absolute Gasteiger partial charge is 0.317 e. The van der Waals surface area contributed by atoms with Crippen LogP contribution < -0.4 is 10.6 Å². The molecule has 1 saturated carbocycles. The maximum atomic E-state index is 12.4. The third kappa shape index (κ3) is 4.86. The van der Waals surface area contributed by atoms with Crippen LogP contribution in [0, 0.1) is 11.8 Å². The van der Waals surface area contributed by atoms with E-state index in [0.717, 1.165) is 6.54 Å². The van der Waals surface area contributed by atoms with E-state index in [0.29, 0.717) is 51.5 Å². The molecule has 3 aliphatic rings. The van der Waals surface area contributed by atoms with Gasteiger partial charge >= 0.3 is 6.03 Å². The molecule has 7 nitrogen and oxygen atoms in total. The minimum atomic E-state index is -0.117. The van der Waals surface area contributed by atoms with E-state index in [4.69, 9.17) is 0 Å². The molecule has 0 radical (unpaired) electrons. The second-order valence-corrected chi connectivity index (χ2v) is 7.55. The lowest BCUT2D eigenvalue weighted by Crippen LogP contribution is -2.48. The molecule has 0 aromatic heterocycles. The lowest BCUT2D eigenvalue weighted by Gasteiger charge is -2.35. The van der Waals surface area contributed by atoms with Crippen LogP contribution in [0.2, 0.25) is 0 Å². The summed E-state index contributed by atoms with van der Waals surface area (Å²) in [4.78, 5) is 39.7. The predicted octanol–water partition coefficient (Wildman–Crippen LogP) is 0.947. The number of hydrogen-bond donors (Lipinski definition) is 2. The Hall–Kier alpha value is -1.79. The Morgan fingerprint density at radius 3 is 2.64 bits per heavy atom. The van der Waals surface area contributed by atoms with Crippen LogP contribution in [-0.2, 0) is 9.59 Å². The van der Waals surface area contributed by atoms with Crippen LogP contribution in [0.1, 0.15) is 44.9 Å². The summed E-state index contributed by atoms with van der Waals surface area (Å²) in [5.74, 6) is 0.700. The van der Waals surface area contributed by atoms with E-state index < -0.39 is 0 Å². The molecule has 2 aliphatic heterocycles. The first kappa shape index (κ1) is 18.0. The maximum Gasteiger partial charge on any atom is 0.317 e. The fraction of sp³-hybridized carbons (Fsp3) is 0.833. The van der Waals surface area contributed by atoms with Gasteiger partial charge in [0.25, 0.3) is 0 Å². The summed E-state index contributed by atoms with van der Waals surface area (Å²) in [5.41, 5.74) is 0. The van der Waals surface area contributed by atoms with Crippen molar-refractivity contribution in [1.82, 2.24) is 20.4 Å². The monoisotopic (exact) mass is 350 g/mol. The van der Waals surface area contributed by atoms with E-state index in [2.05, 4.69) is 10.6 Å². The van der Waals surface area contributed by atoms with Crippen molar-refractivity contribution >= 4 is 17.8 Å². The number of likely N-dealkylation sites (tertiary alicyclic amines) is 1. The maximum absolute atomic E-state index is 12.4. The third-order valence-electron chi connectivity index (χ3n) is 5.70. The van der Waals surface area contributed by atoms with Gasteiger partial charge in [-0.2, -0.15) is 0 Å². The highest BCUT2D eigenvalue weighted by molar-refractivity contribution is 5.84. The number of carbonyl (C=O) groups excluding carboxylic acids is 3. The van der Waals surface area contributed by atoms with Gasteiger partial charge in [-0.15, -0.1) is 0 Å². The number of nitrogens with one attached hydrogen (secondary N) is 2. The average Bonchev–Trinajstić information content (AvgIpc) is 3.03. The highest BCUT2D eigenvalue weighted by Gasteiger charge is 2.31. The summed E-state index contributed by atoms with van der Waals surface area (Å²) in [6.45, 7) is 3.74. The van der Waals surface area contributed by atoms with Gasteiger partial charge in [-0.05, 0) is 25.2 Å². The minimum absolute atomic E-state index is 0.0146. The summed E-state index contributed by atoms with van der Waals surface area (Å²) in [6, 6.07) is -0.0591. The molecule has 0 spiro atoms. The second kappa shape index (κ2) is 8.54. The summed E-state index contributed by atoms with van der Waals surface area (Å²) in [6.07, 6.45) is 7.36. The lowest BCUT2D eigenvalue weighted by molar-refractivity contribution is -0.139. The number of rotatable bonds is 6. The fourth-order valence-corrected chi connectivity index (χ4v) is 4.17. The van der Waals surface area contributed by atoms with Gasteiger partial charge in [0.1, 0.15) is 0 Å². The minimum Gasteiger partial charge on any atom is -0.354 e. The van der Waals surface area contributed by atoms with Crippen molar-refractivity contribution in [3.63, 3.8) is 0 Å². The number of hydrogen-bond acceptors (Lipinski definition) is 3. The van der Waals surface area contributed by atoms with E-state index in [1.54, 1.807) is 4.90 Å². The Labute approximate surface area is 149 Å². The van der Waals surface area contributed by atoms with Gasteiger partial charge in [0.2, 0.25) is 11.8 Å². The van der Waals surface area contributed by atoms with Crippen LogP contribution >= 0.6 is 0 Å². The third-order valence-corrected chi connectivity index (χ3v) is 5.70. The van der Waals surface area contributed by atoms with Crippen molar-refractivity contribution < 1.29 is 14.4 Å². The molecule has 140 valence electrons. The standard InChI is InChI=1S/C18H30N4O3/c23-16-7-6-15(13-22(16)12-14-4-2-1-3-5-14)17(24)19-8-10-21-11-9-20-18(21)25/h14-15H,1-13H2,(H,19,24)(H,20,25)/t15-/m0/s1. The summed E-state index contributed by atoms with van der Waals surface area (Å²) >= 11 is 0. The Kier molecular flexibility index (Phi) is 6.15. The first-order valence-electron chi connectivity index (χ1n) is 9.72. The van der Waals surface area contributed by atoms with Crippen LogP contribution in [0.25, 0.3) is 0 Å². The molecule has 0 aromatic carbocycles. The average molecular weight is 350 g/mol. The van der Waals surface area contributed by atoms with E-state index in [-0.39, 0.29) is 23.8 Å². The number of piperidine rings is 1. The Balaban J connectivity index is 1.42. The number of carbonyl (C=O) groups is 3. The van der Waals surface area contributed by atoms with Crippen LogP contribution in [0.15, 0.2) is 0 Å². The van der Waals surface area contributed by atoms with Crippen LogP contribution in [0.5, 0.6) is 0 Å². The normalized spacial score (nSPS) is 25.2. The zero-order valence-corrected chi connectivity index (χ0v) is 15.0. The topological polar surface area (TPSA) is 81.8 Å². The molecule has 2 heterocycles. The van der Waals surface area contributed by atoms with Gasteiger partial charge in [-0.1, -0.05) is 19.3 Å². The van der Waals surface area contributed by atoms with Crippen molar-refractivity contribution in [2.75, 3.05) is 39.3 Å². The molecule has 7 heteroatoms. The van der Waals surface area contributed by atoms with E-state index in [1.807, 2.05) is 4.90 Å².